The van der Waals surface area contributed by atoms with E-state index in [1.807, 2.05) is 54.6 Å². The first-order valence-electron chi connectivity index (χ1n) is 14.5. The summed E-state index contributed by atoms with van der Waals surface area (Å²) in [6.07, 6.45) is 0. The second-order valence-electron chi connectivity index (χ2n) is 12.2. The fraction of sp³-hybridized carbons (Fsp3) is 0.500. The molecule has 0 N–H and O–H groups in total. The van der Waals surface area contributed by atoms with Crippen LogP contribution in [0.25, 0.3) is 0 Å². The summed E-state index contributed by atoms with van der Waals surface area (Å²) in [5, 5.41) is 35.6. The van der Waals surface area contributed by atoms with Crippen molar-refractivity contribution in [2.24, 2.45) is 0 Å². The average molecular weight is 647 g/mol. The number of benzene rings is 3. The van der Waals surface area contributed by atoms with Gasteiger partial charge in [-0.15, -0.1) is 17.2 Å². The van der Waals surface area contributed by atoms with E-state index >= 15 is 0 Å². The first-order chi connectivity index (χ1) is 18.1. The number of rotatable bonds is 6. The van der Waals surface area contributed by atoms with E-state index < -0.39 is 0 Å². The van der Waals surface area contributed by atoms with Crippen molar-refractivity contribution in [3.8, 4) is 17.2 Å². The van der Waals surface area contributed by atoms with Gasteiger partial charge in [0.05, 0.1) is 0 Å². The summed E-state index contributed by atoms with van der Waals surface area (Å²) in [7, 11) is 0. The average Bonchev–Trinajstić information content (AvgIpc) is 2.84. The fourth-order valence-corrected chi connectivity index (χ4v) is 4.45. The zero-order valence-electron chi connectivity index (χ0n) is 27.0. The maximum Gasteiger partial charge on any atom is 3.00 e. The normalized spacial score (nSPS) is 10.9. The molecule has 0 aliphatic carbocycles. The standard InChI is InChI=1S/3C12H18O.In/c3*1-8(2)10-6-5-7-11(9(3)4)12(10)13;/h3*5-9,13H,1-4H3;/q;;;+3/p-3. The summed E-state index contributed by atoms with van der Waals surface area (Å²) in [6.45, 7) is 24.7. The summed E-state index contributed by atoms with van der Waals surface area (Å²) in [5.74, 6) is 2.64. The molecule has 0 bridgehead atoms. The first-order valence-corrected chi connectivity index (χ1v) is 14.5. The molecule has 0 spiro atoms. The predicted octanol–water partition coefficient (Wildman–Crippen LogP) is 8.64. The van der Waals surface area contributed by atoms with Gasteiger partial charge < -0.3 is 15.3 Å². The van der Waals surface area contributed by atoms with Crippen LogP contribution in [0.4, 0.5) is 0 Å². The summed E-state index contributed by atoms with van der Waals surface area (Å²) in [6, 6.07) is 17.5. The van der Waals surface area contributed by atoms with Crippen molar-refractivity contribution in [3.05, 3.63) is 88.0 Å². The molecule has 0 unspecified atom stereocenters. The predicted molar refractivity (Wildman–Crippen MR) is 168 cm³/mol. The van der Waals surface area contributed by atoms with Crippen LogP contribution in [0.1, 0.15) is 152 Å². The first kappa shape index (κ1) is 37.9. The number of para-hydroxylation sites is 3. The van der Waals surface area contributed by atoms with E-state index in [-0.39, 0.29) is 43.1 Å². The Balaban J connectivity index is 0.000000563. The Bertz CT molecular complexity index is 936. The molecule has 3 nitrogen and oxygen atoms in total. The van der Waals surface area contributed by atoms with E-state index in [1.165, 1.54) is 0 Å². The molecule has 0 heterocycles. The summed E-state index contributed by atoms with van der Waals surface area (Å²) < 4.78 is 0. The third kappa shape index (κ3) is 10.7. The van der Waals surface area contributed by atoms with Crippen LogP contribution >= 0.6 is 0 Å². The second-order valence-corrected chi connectivity index (χ2v) is 12.2. The van der Waals surface area contributed by atoms with Crippen LogP contribution in [0.3, 0.4) is 0 Å². The summed E-state index contributed by atoms with van der Waals surface area (Å²) in [5.41, 5.74) is 5.62. The zero-order valence-corrected chi connectivity index (χ0v) is 30.3. The van der Waals surface area contributed by atoms with Gasteiger partial charge in [0.15, 0.2) is 0 Å². The van der Waals surface area contributed by atoms with Crippen LogP contribution in [0.5, 0.6) is 17.2 Å². The third-order valence-electron chi connectivity index (χ3n) is 6.96. The molecule has 0 saturated carbocycles. The minimum atomic E-state index is 0. The molecule has 216 valence electrons. The molecule has 4 heteroatoms. The molecule has 0 atom stereocenters. The monoisotopic (exact) mass is 646 g/mol. The molecule has 0 aliphatic heterocycles. The maximum atomic E-state index is 11.9. The Hall–Kier alpha value is -2.07. The van der Waals surface area contributed by atoms with Gasteiger partial charge in [-0.25, -0.2) is 0 Å². The quantitative estimate of drug-likeness (QED) is 0.269. The van der Waals surface area contributed by atoms with Gasteiger partial charge in [0.1, 0.15) is 0 Å². The molecule has 0 saturated heterocycles. The van der Waals surface area contributed by atoms with Crippen molar-refractivity contribution >= 4 is 25.8 Å². The Morgan fingerprint density at radius 3 is 0.550 bits per heavy atom. The van der Waals surface area contributed by atoms with E-state index in [2.05, 4.69) is 83.1 Å². The van der Waals surface area contributed by atoms with Crippen molar-refractivity contribution in [1.29, 1.82) is 0 Å². The summed E-state index contributed by atoms with van der Waals surface area (Å²) >= 11 is 0. The smallest absolute Gasteiger partial charge is 0.872 e. The molecule has 0 radical (unpaired) electrons. The minimum absolute atomic E-state index is 0. The number of hydrogen-bond donors (Lipinski definition) is 0. The number of hydrogen-bond acceptors (Lipinski definition) is 3. The Kier molecular flexibility index (Phi) is 16.8. The van der Waals surface area contributed by atoms with E-state index in [4.69, 9.17) is 0 Å². The fourth-order valence-electron chi connectivity index (χ4n) is 4.45. The van der Waals surface area contributed by atoms with Crippen molar-refractivity contribution in [2.45, 2.75) is 119 Å². The molecular weight excluding hydrogens is 595 g/mol. The van der Waals surface area contributed by atoms with Gasteiger partial charge in [-0.1, -0.05) is 171 Å². The van der Waals surface area contributed by atoms with Gasteiger partial charge in [0, 0.05) is 0 Å². The van der Waals surface area contributed by atoms with Crippen molar-refractivity contribution in [2.75, 3.05) is 0 Å². The van der Waals surface area contributed by atoms with Crippen molar-refractivity contribution < 1.29 is 15.3 Å². The van der Waals surface area contributed by atoms with Crippen LogP contribution in [-0.4, -0.2) is 25.8 Å². The molecule has 0 amide bonds. The van der Waals surface area contributed by atoms with Gasteiger partial charge in [-0.05, 0) is 35.5 Å². The molecule has 3 aromatic rings. The van der Waals surface area contributed by atoms with Crippen LogP contribution in [0.2, 0.25) is 0 Å². The van der Waals surface area contributed by atoms with Crippen molar-refractivity contribution in [1.82, 2.24) is 0 Å². The molecule has 40 heavy (non-hydrogen) atoms. The largest absolute Gasteiger partial charge is 3.00 e. The molecule has 3 aromatic carbocycles. The van der Waals surface area contributed by atoms with E-state index in [1.54, 1.807) is 0 Å². The van der Waals surface area contributed by atoms with Gasteiger partial charge in [-0.3, -0.25) is 0 Å². The third-order valence-corrected chi connectivity index (χ3v) is 6.96. The molecule has 3 rings (SSSR count). The SMILES string of the molecule is CC(C)c1cccc(C(C)C)c1[O-].CC(C)c1cccc(C(C)C)c1[O-].CC(C)c1cccc(C(C)C)c1[O-].[In+3]. The van der Waals surface area contributed by atoms with Gasteiger partial charge in [0.25, 0.3) is 0 Å². The van der Waals surface area contributed by atoms with Crippen molar-refractivity contribution in [3.63, 3.8) is 0 Å². The van der Waals surface area contributed by atoms with E-state index in [0.717, 1.165) is 33.4 Å². The molecule has 0 aromatic heterocycles. The van der Waals surface area contributed by atoms with Gasteiger partial charge in [-0.2, -0.15) is 0 Å². The van der Waals surface area contributed by atoms with Crippen LogP contribution in [-0.2, 0) is 0 Å². The van der Waals surface area contributed by atoms with Crippen LogP contribution in [0, 0.1) is 0 Å². The van der Waals surface area contributed by atoms with E-state index in [0.29, 0.717) is 35.5 Å². The minimum Gasteiger partial charge on any atom is -0.872 e. The molecular formula is C36H51InO3. The second kappa shape index (κ2) is 17.7. The Labute approximate surface area is 263 Å². The van der Waals surface area contributed by atoms with Gasteiger partial charge >= 0.3 is 25.8 Å². The zero-order chi connectivity index (χ0) is 30.0. The van der Waals surface area contributed by atoms with Crippen LogP contribution in [0.15, 0.2) is 54.6 Å². The molecule has 0 fully saturated rings. The summed E-state index contributed by atoms with van der Waals surface area (Å²) in [4.78, 5) is 0. The topological polar surface area (TPSA) is 69.2 Å². The van der Waals surface area contributed by atoms with Gasteiger partial charge in [0.2, 0.25) is 0 Å². The maximum absolute atomic E-state index is 11.9. The van der Waals surface area contributed by atoms with E-state index in [9.17, 15) is 15.3 Å². The Morgan fingerprint density at radius 1 is 0.325 bits per heavy atom. The molecule has 0 aliphatic rings. The Morgan fingerprint density at radius 2 is 0.450 bits per heavy atom. The van der Waals surface area contributed by atoms with Crippen LogP contribution < -0.4 is 15.3 Å².